The van der Waals surface area contributed by atoms with E-state index < -0.39 is 0 Å². The van der Waals surface area contributed by atoms with Gasteiger partial charge in [0, 0.05) is 0 Å². The Morgan fingerprint density at radius 2 is 1.25 bits per heavy atom. The van der Waals surface area contributed by atoms with Gasteiger partial charge in [0.05, 0.1) is 0 Å². The first-order valence-electron chi connectivity index (χ1n) is 5.66. The van der Waals surface area contributed by atoms with Gasteiger partial charge in [-0.1, -0.05) is 12.1 Å². The maximum absolute atomic E-state index is 4.32. The second kappa shape index (κ2) is 7.57. The second-order valence-electron chi connectivity index (χ2n) is 3.96. The third kappa shape index (κ3) is 3.94. The Morgan fingerprint density at radius 3 is 1.62 bits per heavy atom. The molecule has 0 spiro atoms. The van der Waals surface area contributed by atoms with Crippen molar-refractivity contribution in [1.29, 1.82) is 0 Å². The molecule has 0 heterocycles. The van der Waals surface area contributed by atoms with Crippen molar-refractivity contribution in [3.8, 4) is 0 Å². The van der Waals surface area contributed by atoms with Gasteiger partial charge in [-0.15, -0.1) is 0 Å². The molecule has 1 aromatic carbocycles. The van der Waals surface area contributed by atoms with E-state index in [0.29, 0.717) is 0 Å². The zero-order chi connectivity index (χ0) is 12.0. The number of thiol groups is 3. The van der Waals surface area contributed by atoms with Crippen molar-refractivity contribution < 1.29 is 0 Å². The van der Waals surface area contributed by atoms with E-state index in [1.807, 2.05) is 0 Å². The van der Waals surface area contributed by atoms with E-state index in [-0.39, 0.29) is 0 Å². The van der Waals surface area contributed by atoms with Crippen molar-refractivity contribution >= 4 is 37.9 Å². The van der Waals surface area contributed by atoms with Crippen molar-refractivity contribution in [3.05, 3.63) is 34.4 Å². The quantitative estimate of drug-likeness (QED) is 0.650. The molecule has 0 aromatic heterocycles. The predicted octanol–water partition coefficient (Wildman–Crippen LogP) is 3.41. The summed E-state index contributed by atoms with van der Waals surface area (Å²) in [5.41, 5.74) is 5.69. The minimum Gasteiger partial charge on any atom is -0.179 e. The lowest BCUT2D eigenvalue weighted by molar-refractivity contribution is 1.03. The Labute approximate surface area is 115 Å². The summed E-state index contributed by atoms with van der Waals surface area (Å²) in [6.45, 7) is 2.21. The van der Waals surface area contributed by atoms with E-state index in [0.717, 1.165) is 36.5 Å². The van der Waals surface area contributed by atoms with Gasteiger partial charge in [-0.25, -0.2) is 0 Å². The first-order chi connectivity index (χ1) is 7.72. The highest BCUT2D eigenvalue weighted by Gasteiger charge is 2.06. The molecule has 0 saturated heterocycles. The maximum Gasteiger partial charge on any atom is -0.00573 e. The normalized spacial score (nSPS) is 10.8. The van der Waals surface area contributed by atoms with Crippen molar-refractivity contribution in [3.63, 3.8) is 0 Å². The Bertz CT molecular complexity index is 307. The van der Waals surface area contributed by atoms with Gasteiger partial charge in [0.15, 0.2) is 0 Å². The SMILES string of the molecule is Cc1c(CCS)cc(CCS)cc1CCS. The van der Waals surface area contributed by atoms with Gasteiger partial charge in [0.2, 0.25) is 0 Å². The molecule has 16 heavy (non-hydrogen) atoms. The van der Waals surface area contributed by atoms with E-state index in [4.69, 9.17) is 0 Å². The van der Waals surface area contributed by atoms with Gasteiger partial charge >= 0.3 is 0 Å². The highest BCUT2D eigenvalue weighted by Crippen LogP contribution is 2.20. The third-order valence-corrected chi connectivity index (χ3v) is 3.52. The first-order valence-corrected chi connectivity index (χ1v) is 7.56. The van der Waals surface area contributed by atoms with Crippen LogP contribution in [0.25, 0.3) is 0 Å². The molecule has 90 valence electrons. The fourth-order valence-electron chi connectivity index (χ4n) is 1.95. The molecule has 0 aliphatic rings. The maximum atomic E-state index is 4.32. The number of benzene rings is 1. The highest BCUT2D eigenvalue weighted by atomic mass is 32.1. The fraction of sp³-hybridized carbons (Fsp3) is 0.538. The molecular formula is C13H20S3. The topological polar surface area (TPSA) is 0 Å². The van der Waals surface area contributed by atoms with E-state index in [1.54, 1.807) is 0 Å². The second-order valence-corrected chi connectivity index (χ2v) is 5.30. The average Bonchev–Trinajstić information content (AvgIpc) is 2.26. The summed E-state index contributed by atoms with van der Waals surface area (Å²) in [5.74, 6) is 2.72. The van der Waals surface area contributed by atoms with Crippen LogP contribution < -0.4 is 0 Å². The van der Waals surface area contributed by atoms with Crippen LogP contribution in [0.15, 0.2) is 12.1 Å². The van der Waals surface area contributed by atoms with Crippen LogP contribution in [-0.4, -0.2) is 17.3 Å². The molecule has 0 saturated carbocycles. The van der Waals surface area contributed by atoms with Crippen molar-refractivity contribution in [2.24, 2.45) is 0 Å². The third-order valence-electron chi connectivity index (χ3n) is 2.85. The largest absolute Gasteiger partial charge is 0.179 e. The Hall–Kier alpha value is 0.270. The molecule has 0 nitrogen and oxygen atoms in total. The summed E-state index contributed by atoms with van der Waals surface area (Å²) in [6, 6.07) is 4.62. The van der Waals surface area contributed by atoms with Gasteiger partial charge in [-0.05, 0) is 65.7 Å². The molecule has 0 amide bonds. The number of rotatable bonds is 6. The first kappa shape index (κ1) is 14.3. The standard InChI is InChI=1S/C13H20S3/c1-10-12(3-6-15)8-11(2-5-14)9-13(10)4-7-16/h8-9,14-16H,2-7H2,1H3. The van der Waals surface area contributed by atoms with Crippen LogP contribution in [0, 0.1) is 6.92 Å². The minimum absolute atomic E-state index is 0.906. The molecule has 3 heteroatoms. The van der Waals surface area contributed by atoms with Crippen LogP contribution in [0.4, 0.5) is 0 Å². The zero-order valence-electron chi connectivity index (χ0n) is 9.74. The van der Waals surface area contributed by atoms with Crippen LogP contribution in [0.5, 0.6) is 0 Å². The van der Waals surface area contributed by atoms with E-state index >= 15 is 0 Å². The van der Waals surface area contributed by atoms with E-state index in [1.165, 1.54) is 22.3 Å². The van der Waals surface area contributed by atoms with Crippen molar-refractivity contribution in [1.82, 2.24) is 0 Å². The molecule has 1 rings (SSSR count). The number of hydrogen-bond acceptors (Lipinski definition) is 3. The summed E-state index contributed by atoms with van der Waals surface area (Å²) in [5, 5.41) is 0. The number of hydrogen-bond donors (Lipinski definition) is 3. The smallest absolute Gasteiger partial charge is 0.00573 e. The molecule has 0 unspecified atom stereocenters. The van der Waals surface area contributed by atoms with Gasteiger partial charge in [0.25, 0.3) is 0 Å². The van der Waals surface area contributed by atoms with Crippen LogP contribution in [0.2, 0.25) is 0 Å². The van der Waals surface area contributed by atoms with Crippen LogP contribution >= 0.6 is 37.9 Å². The lowest BCUT2D eigenvalue weighted by Gasteiger charge is -2.13. The lowest BCUT2D eigenvalue weighted by atomic mass is 9.95. The van der Waals surface area contributed by atoms with Crippen LogP contribution in [0.1, 0.15) is 22.3 Å². The van der Waals surface area contributed by atoms with E-state index in [2.05, 4.69) is 56.9 Å². The number of aryl methyl sites for hydroxylation is 3. The fourth-order valence-corrected chi connectivity index (χ4v) is 2.69. The summed E-state index contributed by atoms with van der Waals surface area (Å²) < 4.78 is 0. The molecule has 0 aliphatic carbocycles. The van der Waals surface area contributed by atoms with Crippen molar-refractivity contribution in [2.45, 2.75) is 26.2 Å². The summed E-state index contributed by atoms with van der Waals surface area (Å²) in [6.07, 6.45) is 3.15. The monoisotopic (exact) mass is 272 g/mol. The Kier molecular flexibility index (Phi) is 6.78. The molecule has 0 aliphatic heterocycles. The predicted molar refractivity (Wildman–Crippen MR) is 83.9 cm³/mol. The molecule has 0 atom stereocenters. The molecule has 0 fully saturated rings. The van der Waals surface area contributed by atoms with Crippen molar-refractivity contribution in [2.75, 3.05) is 17.3 Å². The molecular weight excluding hydrogens is 252 g/mol. The van der Waals surface area contributed by atoms with Gasteiger partial charge < -0.3 is 0 Å². The van der Waals surface area contributed by atoms with Gasteiger partial charge in [-0.2, -0.15) is 37.9 Å². The van der Waals surface area contributed by atoms with Gasteiger partial charge in [0.1, 0.15) is 0 Å². The van der Waals surface area contributed by atoms with Crippen LogP contribution in [-0.2, 0) is 19.3 Å². The van der Waals surface area contributed by atoms with E-state index in [9.17, 15) is 0 Å². The zero-order valence-corrected chi connectivity index (χ0v) is 12.4. The Balaban J connectivity index is 3.05. The minimum atomic E-state index is 0.906. The molecule has 0 radical (unpaired) electrons. The molecule has 1 aromatic rings. The van der Waals surface area contributed by atoms with Gasteiger partial charge in [-0.3, -0.25) is 0 Å². The summed E-state index contributed by atoms with van der Waals surface area (Å²) in [7, 11) is 0. The highest BCUT2D eigenvalue weighted by molar-refractivity contribution is 7.80. The summed E-state index contributed by atoms with van der Waals surface area (Å²) >= 11 is 12.9. The average molecular weight is 273 g/mol. The summed E-state index contributed by atoms with van der Waals surface area (Å²) in [4.78, 5) is 0. The molecule has 0 bridgehead atoms. The Morgan fingerprint density at radius 1 is 0.812 bits per heavy atom. The molecule has 0 N–H and O–H groups in total. The lowest BCUT2D eigenvalue weighted by Crippen LogP contribution is -2.01. The van der Waals surface area contributed by atoms with Crippen LogP contribution in [0.3, 0.4) is 0 Å².